The van der Waals surface area contributed by atoms with Crippen LogP contribution >= 0.6 is 0 Å². The quantitative estimate of drug-likeness (QED) is 0.217. The molecule has 1 aliphatic rings. The molecule has 14 heteroatoms. The van der Waals surface area contributed by atoms with Crippen molar-refractivity contribution >= 4 is 16.9 Å². The van der Waals surface area contributed by atoms with Crippen LogP contribution in [0.25, 0.3) is 22.3 Å². The lowest BCUT2D eigenvalue weighted by Crippen LogP contribution is -2.61. The molecule has 0 bridgehead atoms. The Morgan fingerprint density at radius 1 is 0.857 bits per heavy atom. The van der Waals surface area contributed by atoms with Gasteiger partial charge in [0.15, 0.2) is 23.4 Å². The summed E-state index contributed by atoms with van der Waals surface area (Å²) in [5.41, 5.74) is -1.68. The standard InChI is InChI=1S/C21H18O14/c22-6-3-7(23)11-10(4-6)33-17(14(28)12(11)26)5-1-8(24)18(9(25)2-5)34-21-16(30)13(27)15(29)19(35-21)20(31)32/h1-4,13,15-16,19,21-25,27-30H,(H,31,32)/t13-,15-,16+,19-,21+/m0/s1. The second-order valence-electron chi connectivity index (χ2n) is 7.64. The number of aliphatic hydroxyl groups excluding tert-OH is 3. The summed E-state index contributed by atoms with van der Waals surface area (Å²) in [6, 6.07) is 3.55. The number of fused-ring (bicyclic) bond motifs is 1. The summed E-state index contributed by atoms with van der Waals surface area (Å²) in [5, 5.41) is 88.9. The topological polar surface area (TPSA) is 248 Å². The van der Waals surface area contributed by atoms with Gasteiger partial charge < -0.3 is 59.8 Å². The molecule has 1 saturated heterocycles. The number of phenols is 4. The number of aliphatic carboxylic acids is 1. The van der Waals surface area contributed by atoms with Crippen molar-refractivity contribution in [2.75, 3.05) is 0 Å². The van der Waals surface area contributed by atoms with Crippen molar-refractivity contribution in [3.8, 4) is 45.8 Å². The number of rotatable bonds is 4. The number of carboxylic acids is 1. The first-order valence-electron chi connectivity index (χ1n) is 9.78. The normalized spacial score (nSPS) is 24.4. The average Bonchev–Trinajstić information content (AvgIpc) is 2.77. The minimum atomic E-state index is -2.00. The van der Waals surface area contributed by atoms with E-state index in [-0.39, 0.29) is 11.1 Å². The van der Waals surface area contributed by atoms with Gasteiger partial charge in [0.05, 0.1) is 0 Å². The maximum absolute atomic E-state index is 12.5. The first-order chi connectivity index (χ1) is 16.4. The Morgan fingerprint density at radius 3 is 2.09 bits per heavy atom. The largest absolute Gasteiger partial charge is 0.508 e. The molecule has 5 atom stereocenters. The molecular formula is C21H18O14. The van der Waals surface area contributed by atoms with Gasteiger partial charge in [-0.05, 0) is 12.1 Å². The fourth-order valence-electron chi connectivity index (χ4n) is 3.59. The summed E-state index contributed by atoms with van der Waals surface area (Å²) in [6.07, 6.45) is -9.93. The molecule has 0 aliphatic carbocycles. The minimum absolute atomic E-state index is 0.268. The molecule has 0 spiro atoms. The molecule has 2 heterocycles. The number of aromatic hydroxyl groups is 5. The Balaban J connectivity index is 1.74. The monoisotopic (exact) mass is 494 g/mol. The van der Waals surface area contributed by atoms with E-state index in [0.717, 1.165) is 24.3 Å². The van der Waals surface area contributed by atoms with E-state index in [1.165, 1.54) is 0 Å². The van der Waals surface area contributed by atoms with E-state index < -0.39 is 87.7 Å². The van der Waals surface area contributed by atoms with Crippen molar-refractivity contribution < 1.29 is 64.6 Å². The molecule has 9 N–H and O–H groups in total. The van der Waals surface area contributed by atoms with Crippen LogP contribution in [0.1, 0.15) is 0 Å². The molecular weight excluding hydrogens is 476 g/mol. The van der Waals surface area contributed by atoms with Crippen LogP contribution in [0.5, 0.6) is 34.5 Å². The predicted octanol–water partition coefficient (Wildman–Crippen LogP) is -0.741. The van der Waals surface area contributed by atoms with Gasteiger partial charge in [-0.2, -0.15) is 0 Å². The van der Waals surface area contributed by atoms with Gasteiger partial charge >= 0.3 is 5.97 Å². The van der Waals surface area contributed by atoms with Gasteiger partial charge in [0.25, 0.3) is 0 Å². The summed E-state index contributed by atoms with van der Waals surface area (Å²) < 4.78 is 15.5. The van der Waals surface area contributed by atoms with Crippen LogP contribution in [0.4, 0.5) is 0 Å². The third-order valence-electron chi connectivity index (χ3n) is 5.29. The number of benzene rings is 2. The zero-order valence-corrected chi connectivity index (χ0v) is 17.3. The third-order valence-corrected chi connectivity index (χ3v) is 5.29. The molecule has 0 amide bonds. The zero-order chi connectivity index (χ0) is 25.8. The Labute approximate surface area is 193 Å². The highest BCUT2D eigenvalue weighted by atomic mass is 16.7. The first-order valence-corrected chi connectivity index (χ1v) is 9.78. The predicted molar refractivity (Wildman–Crippen MR) is 111 cm³/mol. The molecule has 3 aromatic rings. The van der Waals surface area contributed by atoms with Crippen molar-refractivity contribution in [3.63, 3.8) is 0 Å². The lowest BCUT2D eigenvalue weighted by molar-refractivity contribution is -0.271. The van der Waals surface area contributed by atoms with Crippen molar-refractivity contribution in [1.29, 1.82) is 0 Å². The van der Waals surface area contributed by atoms with Gasteiger partial charge in [-0.1, -0.05) is 0 Å². The highest BCUT2D eigenvalue weighted by molar-refractivity contribution is 5.88. The third kappa shape index (κ3) is 4.00. The lowest BCUT2D eigenvalue weighted by atomic mass is 9.99. The van der Waals surface area contributed by atoms with E-state index in [1.807, 2.05) is 0 Å². The van der Waals surface area contributed by atoms with E-state index in [4.69, 9.17) is 19.0 Å². The van der Waals surface area contributed by atoms with Crippen LogP contribution < -0.4 is 10.2 Å². The Morgan fingerprint density at radius 2 is 1.49 bits per heavy atom. The van der Waals surface area contributed by atoms with Crippen LogP contribution in [-0.2, 0) is 9.53 Å². The fourth-order valence-corrected chi connectivity index (χ4v) is 3.59. The Kier molecular flexibility index (Phi) is 5.82. The Hall–Kier alpha value is -4.24. The van der Waals surface area contributed by atoms with Crippen molar-refractivity contribution in [1.82, 2.24) is 0 Å². The van der Waals surface area contributed by atoms with Crippen molar-refractivity contribution in [2.24, 2.45) is 0 Å². The molecule has 0 unspecified atom stereocenters. The van der Waals surface area contributed by atoms with E-state index in [2.05, 4.69) is 0 Å². The number of hydrogen-bond acceptors (Lipinski definition) is 13. The van der Waals surface area contributed by atoms with Crippen LogP contribution in [0.3, 0.4) is 0 Å². The van der Waals surface area contributed by atoms with Crippen LogP contribution in [-0.4, -0.2) is 82.6 Å². The highest BCUT2D eigenvalue weighted by Gasteiger charge is 2.48. The molecule has 4 rings (SSSR count). The maximum atomic E-state index is 12.5. The van der Waals surface area contributed by atoms with Gasteiger partial charge in [0, 0.05) is 17.7 Å². The van der Waals surface area contributed by atoms with Gasteiger partial charge in [0.2, 0.25) is 23.2 Å². The number of ether oxygens (including phenoxy) is 2. The average molecular weight is 494 g/mol. The SMILES string of the molecule is O=C(O)[C@H]1O[C@@H](Oc2c(O)cc(-c3oc4cc(O)cc(O)c4c(=O)c3O)cc2O)[C@H](O)[C@@H](O)[C@@H]1O. The number of phenolic OH excluding ortho intramolecular Hbond substituents is 4. The summed E-state index contributed by atoms with van der Waals surface area (Å²) in [7, 11) is 0. The summed E-state index contributed by atoms with van der Waals surface area (Å²) in [5.74, 6) is -6.83. The fraction of sp³-hybridized carbons (Fsp3) is 0.238. The number of carboxylic acid groups (broad SMARTS) is 1. The second kappa shape index (κ2) is 8.52. The molecule has 35 heavy (non-hydrogen) atoms. The van der Waals surface area contributed by atoms with Gasteiger partial charge in [-0.3, -0.25) is 4.79 Å². The molecule has 0 saturated carbocycles. The van der Waals surface area contributed by atoms with E-state index in [9.17, 15) is 50.4 Å². The van der Waals surface area contributed by atoms with Crippen molar-refractivity contribution in [2.45, 2.75) is 30.7 Å². The van der Waals surface area contributed by atoms with Crippen molar-refractivity contribution in [3.05, 3.63) is 34.5 Å². The first kappa shape index (κ1) is 23.9. The molecule has 14 nitrogen and oxygen atoms in total. The summed E-state index contributed by atoms with van der Waals surface area (Å²) in [4.78, 5) is 23.7. The Bertz CT molecular complexity index is 1360. The van der Waals surface area contributed by atoms with E-state index in [1.54, 1.807) is 0 Å². The van der Waals surface area contributed by atoms with E-state index in [0.29, 0.717) is 0 Å². The summed E-state index contributed by atoms with van der Waals surface area (Å²) in [6.45, 7) is 0. The number of hydrogen-bond donors (Lipinski definition) is 9. The van der Waals surface area contributed by atoms with Crippen LogP contribution in [0, 0.1) is 0 Å². The van der Waals surface area contributed by atoms with Gasteiger partial charge in [-0.15, -0.1) is 0 Å². The molecule has 2 aromatic carbocycles. The van der Waals surface area contributed by atoms with Crippen LogP contribution in [0.15, 0.2) is 33.5 Å². The van der Waals surface area contributed by atoms with E-state index >= 15 is 0 Å². The molecule has 186 valence electrons. The zero-order valence-electron chi connectivity index (χ0n) is 17.3. The lowest BCUT2D eigenvalue weighted by Gasteiger charge is -2.38. The highest BCUT2D eigenvalue weighted by Crippen LogP contribution is 2.44. The molecule has 1 aromatic heterocycles. The van der Waals surface area contributed by atoms with Crippen LogP contribution in [0.2, 0.25) is 0 Å². The maximum Gasteiger partial charge on any atom is 0.335 e. The molecule has 1 aliphatic heterocycles. The minimum Gasteiger partial charge on any atom is -0.508 e. The second-order valence-corrected chi connectivity index (χ2v) is 7.64. The van der Waals surface area contributed by atoms with Gasteiger partial charge in [-0.25, -0.2) is 4.79 Å². The van der Waals surface area contributed by atoms with Gasteiger partial charge in [0.1, 0.15) is 40.8 Å². The molecule has 1 fully saturated rings. The summed E-state index contributed by atoms with van der Waals surface area (Å²) >= 11 is 0. The smallest absolute Gasteiger partial charge is 0.335 e. The number of carbonyl (C=O) groups is 1. The number of aliphatic hydroxyl groups is 3. The molecule has 0 radical (unpaired) electrons.